The van der Waals surface area contributed by atoms with Crippen molar-refractivity contribution in [3.63, 3.8) is 0 Å². The van der Waals surface area contributed by atoms with E-state index in [-0.39, 0.29) is 6.61 Å². The highest BCUT2D eigenvalue weighted by Crippen LogP contribution is 2.22. The molecule has 2 N–H and O–H groups in total. The first-order valence-electron chi connectivity index (χ1n) is 8.93. The number of fused-ring (bicyclic) bond motifs is 1. The number of thiazole rings is 1. The van der Waals surface area contributed by atoms with Gasteiger partial charge in [-0.05, 0) is 46.9 Å². The Morgan fingerprint density at radius 1 is 1.23 bits per heavy atom. The Kier molecular flexibility index (Phi) is 6.23. The van der Waals surface area contributed by atoms with Gasteiger partial charge in [0.15, 0.2) is 0 Å². The number of nitrogens with zero attached hydrogens (tertiary/aromatic N) is 4. The van der Waals surface area contributed by atoms with Crippen molar-refractivity contribution in [1.82, 2.24) is 19.7 Å². The molecule has 0 aliphatic rings. The van der Waals surface area contributed by atoms with Crippen molar-refractivity contribution < 1.29 is 9.53 Å². The minimum Gasteiger partial charge on any atom is -0.443 e. The van der Waals surface area contributed by atoms with Gasteiger partial charge in [-0.15, -0.1) is 11.3 Å². The molecule has 30 heavy (non-hydrogen) atoms. The maximum atomic E-state index is 11.1. The predicted molar refractivity (Wildman–Crippen MR) is 126 cm³/mol. The number of carbonyl (C=O) groups excluding carboxylic acids is 1. The van der Waals surface area contributed by atoms with Gasteiger partial charge in [-0.25, -0.2) is 14.8 Å². The van der Waals surface area contributed by atoms with E-state index in [2.05, 4.69) is 48.4 Å². The zero-order chi connectivity index (χ0) is 20.9. The van der Waals surface area contributed by atoms with Crippen LogP contribution in [0.25, 0.3) is 16.9 Å². The molecule has 152 valence electrons. The summed E-state index contributed by atoms with van der Waals surface area (Å²) in [6, 6.07) is 11.9. The number of imidazole rings is 1. The molecule has 0 saturated heterocycles. The van der Waals surface area contributed by atoms with Crippen LogP contribution in [-0.4, -0.2) is 33.7 Å². The highest BCUT2D eigenvalue weighted by Gasteiger charge is 2.05. The van der Waals surface area contributed by atoms with E-state index in [4.69, 9.17) is 4.74 Å². The standard InChI is InChI=1S/C20H17IN6O2S/c1-22-20(28)29-11-16-12-30-19(24-16)8-23-26-15-5-2-13(3-6-15)17-10-27-9-14(21)4-7-18(27)25-17/h2-10,12,26H,11H2,1H3,(H,22,28). The van der Waals surface area contributed by atoms with Gasteiger partial charge in [0.1, 0.15) is 17.3 Å². The quantitative estimate of drug-likeness (QED) is 0.219. The lowest BCUT2D eigenvalue weighted by Crippen LogP contribution is -2.18. The van der Waals surface area contributed by atoms with E-state index in [1.165, 1.54) is 18.4 Å². The first-order chi connectivity index (χ1) is 14.6. The summed E-state index contributed by atoms with van der Waals surface area (Å²) in [5, 5.41) is 9.15. The second kappa shape index (κ2) is 9.22. The Balaban J connectivity index is 1.36. The Morgan fingerprint density at radius 2 is 2.07 bits per heavy atom. The molecular formula is C20H17IN6O2S. The summed E-state index contributed by atoms with van der Waals surface area (Å²) in [7, 11) is 1.51. The van der Waals surface area contributed by atoms with Gasteiger partial charge in [-0.3, -0.25) is 5.43 Å². The number of carbonyl (C=O) groups is 1. The van der Waals surface area contributed by atoms with Crippen molar-refractivity contribution in [3.8, 4) is 11.3 Å². The van der Waals surface area contributed by atoms with Crippen LogP contribution in [0.15, 0.2) is 59.3 Å². The molecule has 0 aliphatic heterocycles. The van der Waals surface area contributed by atoms with Gasteiger partial charge in [-0.1, -0.05) is 12.1 Å². The molecule has 1 amide bonds. The van der Waals surface area contributed by atoms with E-state index in [1.807, 2.05) is 58.6 Å². The first-order valence-corrected chi connectivity index (χ1v) is 10.9. The third kappa shape index (κ3) is 4.94. The minimum atomic E-state index is -0.485. The van der Waals surface area contributed by atoms with Gasteiger partial charge in [0.2, 0.25) is 0 Å². The normalized spacial score (nSPS) is 11.1. The summed E-state index contributed by atoms with van der Waals surface area (Å²) in [5.74, 6) is 0. The third-order valence-electron chi connectivity index (χ3n) is 4.09. The van der Waals surface area contributed by atoms with Crippen LogP contribution < -0.4 is 10.7 Å². The number of nitrogens with one attached hydrogen (secondary N) is 2. The zero-order valence-corrected chi connectivity index (χ0v) is 18.8. The van der Waals surface area contributed by atoms with Crippen LogP contribution in [-0.2, 0) is 11.3 Å². The van der Waals surface area contributed by atoms with E-state index in [0.717, 1.165) is 26.2 Å². The number of anilines is 1. The average molecular weight is 532 g/mol. The van der Waals surface area contributed by atoms with Crippen molar-refractivity contribution in [2.45, 2.75) is 6.61 Å². The predicted octanol–water partition coefficient (Wildman–Crippen LogP) is 4.36. The number of benzene rings is 1. The van der Waals surface area contributed by atoms with E-state index >= 15 is 0 Å². The smallest absolute Gasteiger partial charge is 0.407 e. The number of aromatic nitrogens is 3. The maximum Gasteiger partial charge on any atom is 0.407 e. The Hall–Kier alpha value is -2.99. The summed E-state index contributed by atoms with van der Waals surface area (Å²) in [6.07, 6.45) is 5.21. The molecule has 0 unspecified atom stereocenters. The molecule has 3 aromatic heterocycles. The molecule has 0 spiro atoms. The average Bonchev–Trinajstić information content (AvgIpc) is 3.39. The maximum absolute atomic E-state index is 11.1. The molecule has 0 radical (unpaired) electrons. The summed E-state index contributed by atoms with van der Waals surface area (Å²) >= 11 is 3.71. The molecular weight excluding hydrogens is 515 g/mol. The van der Waals surface area contributed by atoms with E-state index < -0.39 is 6.09 Å². The molecule has 10 heteroatoms. The van der Waals surface area contributed by atoms with Crippen LogP contribution in [0.4, 0.5) is 10.5 Å². The number of pyridine rings is 1. The molecule has 4 aromatic rings. The number of amides is 1. The van der Waals surface area contributed by atoms with Crippen LogP contribution in [0.2, 0.25) is 0 Å². The number of halogens is 1. The SMILES string of the molecule is CNC(=O)OCc1csc(C=NNc2ccc(-c3cn4cc(I)ccc4n3)cc2)n1. The van der Waals surface area contributed by atoms with Crippen molar-refractivity contribution in [2.75, 3.05) is 12.5 Å². The Labute approximate surface area is 190 Å². The second-order valence-electron chi connectivity index (χ2n) is 6.19. The highest BCUT2D eigenvalue weighted by molar-refractivity contribution is 14.1. The molecule has 4 rings (SSSR count). The summed E-state index contributed by atoms with van der Waals surface area (Å²) < 4.78 is 8.15. The van der Waals surface area contributed by atoms with E-state index in [9.17, 15) is 4.79 Å². The number of alkyl carbamates (subject to hydrolysis) is 1. The highest BCUT2D eigenvalue weighted by atomic mass is 127. The van der Waals surface area contributed by atoms with Crippen LogP contribution in [0, 0.1) is 3.57 Å². The fourth-order valence-electron chi connectivity index (χ4n) is 2.64. The van der Waals surface area contributed by atoms with Crippen molar-refractivity contribution in [2.24, 2.45) is 5.10 Å². The van der Waals surface area contributed by atoms with Crippen LogP contribution >= 0.6 is 33.9 Å². The van der Waals surface area contributed by atoms with E-state index in [1.54, 1.807) is 6.21 Å². The first kappa shape index (κ1) is 20.3. The van der Waals surface area contributed by atoms with Crippen LogP contribution in [0.3, 0.4) is 0 Å². The van der Waals surface area contributed by atoms with Gasteiger partial charge in [0.25, 0.3) is 0 Å². The van der Waals surface area contributed by atoms with Gasteiger partial charge >= 0.3 is 6.09 Å². The molecule has 0 fully saturated rings. The molecule has 0 bridgehead atoms. The van der Waals surface area contributed by atoms with Gasteiger partial charge < -0.3 is 14.5 Å². The monoisotopic (exact) mass is 532 g/mol. The number of hydrazone groups is 1. The minimum absolute atomic E-state index is 0.126. The van der Waals surface area contributed by atoms with Crippen molar-refractivity contribution in [3.05, 3.63) is 68.4 Å². The Bertz CT molecular complexity index is 1200. The Morgan fingerprint density at radius 3 is 2.87 bits per heavy atom. The van der Waals surface area contributed by atoms with Crippen LogP contribution in [0.1, 0.15) is 10.7 Å². The molecule has 0 aliphatic carbocycles. The molecule has 0 saturated carbocycles. The lowest BCUT2D eigenvalue weighted by molar-refractivity contribution is 0.141. The van der Waals surface area contributed by atoms with Gasteiger partial charge in [-0.2, -0.15) is 5.10 Å². The lowest BCUT2D eigenvalue weighted by atomic mass is 10.1. The van der Waals surface area contributed by atoms with Gasteiger partial charge in [0, 0.05) is 34.0 Å². The largest absolute Gasteiger partial charge is 0.443 e. The third-order valence-corrected chi connectivity index (χ3v) is 5.56. The molecule has 0 atom stereocenters. The van der Waals surface area contributed by atoms with Crippen LogP contribution in [0.5, 0.6) is 0 Å². The number of ether oxygens (including phenoxy) is 1. The fourth-order valence-corrected chi connectivity index (χ4v) is 3.78. The molecule has 3 heterocycles. The van der Waals surface area contributed by atoms with Crippen molar-refractivity contribution in [1.29, 1.82) is 0 Å². The number of hydrogen-bond acceptors (Lipinski definition) is 7. The topological polar surface area (TPSA) is 92.9 Å². The van der Waals surface area contributed by atoms with E-state index in [0.29, 0.717) is 10.7 Å². The number of rotatable bonds is 6. The lowest BCUT2D eigenvalue weighted by Gasteiger charge is -2.01. The van der Waals surface area contributed by atoms with Crippen molar-refractivity contribution >= 4 is 57.6 Å². The molecule has 1 aromatic carbocycles. The second-order valence-corrected chi connectivity index (χ2v) is 8.32. The summed E-state index contributed by atoms with van der Waals surface area (Å²) in [4.78, 5) is 20.1. The summed E-state index contributed by atoms with van der Waals surface area (Å²) in [5.41, 5.74) is 7.39. The summed E-state index contributed by atoms with van der Waals surface area (Å²) in [6.45, 7) is 0.126. The van der Waals surface area contributed by atoms with Gasteiger partial charge in [0.05, 0.1) is 23.3 Å². The molecule has 8 nitrogen and oxygen atoms in total. The number of hydrogen-bond donors (Lipinski definition) is 2. The fraction of sp³-hybridized carbons (Fsp3) is 0.100. The zero-order valence-electron chi connectivity index (χ0n) is 15.9.